The minimum atomic E-state index is -1.04. The summed E-state index contributed by atoms with van der Waals surface area (Å²) in [6.07, 6.45) is 1.93. The lowest BCUT2D eigenvalue weighted by Crippen LogP contribution is -2.32. The molecule has 1 aromatic rings. The minimum absolute atomic E-state index is 0.0116. The van der Waals surface area contributed by atoms with Crippen LogP contribution in [0.5, 0.6) is 0 Å². The number of nitrogens with two attached hydrogens (primary N) is 1. The number of carbonyl (C=O) groups excluding carboxylic acids is 3. The minimum Gasteiger partial charge on any atom is -0.369 e. The summed E-state index contributed by atoms with van der Waals surface area (Å²) >= 11 is 0. The van der Waals surface area contributed by atoms with E-state index in [9.17, 15) is 14.4 Å². The zero-order chi connectivity index (χ0) is 11.7. The van der Waals surface area contributed by atoms with Gasteiger partial charge in [-0.05, 0) is 17.2 Å². The summed E-state index contributed by atoms with van der Waals surface area (Å²) in [7, 11) is 0. The van der Waals surface area contributed by atoms with Crippen molar-refractivity contribution in [1.29, 1.82) is 0 Å². The number of ketones is 1. The molecule has 0 spiro atoms. The lowest BCUT2D eigenvalue weighted by molar-refractivity contribution is -0.127. The molecule has 0 saturated carbocycles. The van der Waals surface area contributed by atoms with Crippen molar-refractivity contribution in [1.82, 2.24) is 0 Å². The van der Waals surface area contributed by atoms with Gasteiger partial charge in [-0.15, -0.1) is 0 Å². The largest absolute Gasteiger partial charge is 0.369 e. The topological polar surface area (TPSA) is 77.2 Å². The van der Waals surface area contributed by atoms with Crippen LogP contribution in [0.25, 0.3) is 6.08 Å². The molecule has 0 bridgehead atoms. The van der Waals surface area contributed by atoms with E-state index in [1.165, 1.54) is 6.08 Å². The second-order valence-corrected chi connectivity index (χ2v) is 3.55. The van der Waals surface area contributed by atoms with Gasteiger partial charge < -0.3 is 5.73 Å². The van der Waals surface area contributed by atoms with Crippen molar-refractivity contribution in [3.05, 3.63) is 41.0 Å². The average molecular weight is 215 g/mol. The van der Waals surface area contributed by atoms with Crippen LogP contribution in [0.4, 0.5) is 0 Å². The Morgan fingerprint density at radius 3 is 2.62 bits per heavy atom. The predicted molar refractivity (Wildman–Crippen MR) is 57.4 cm³/mol. The van der Waals surface area contributed by atoms with Crippen LogP contribution in [-0.4, -0.2) is 18.0 Å². The predicted octanol–water partition coefficient (Wildman–Crippen LogP) is 0.420. The zero-order valence-corrected chi connectivity index (χ0v) is 8.34. The van der Waals surface area contributed by atoms with Crippen LogP contribution in [0, 0.1) is 0 Å². The van der Waals surface area contributed by atoms with Crippen LogP contribution in [0.3, 0.4) is 0 Å². The highest BCUT2D eigenvalue weighted by Crippen LogP contribution is 2.29. The van der Waals surface area contributed by atoms with Crippen LogP contribution in [0.2, 0.25) is 0 Å². The highest BCUT2D eigenvalue weighted by atomic mass is 16.2. The number of primary amides is 1. The van der Waals surface area contributed by atoms with Gasteiger partial charge in [0.25, 0.3) is 0 Å². The van der Waals surface area contributed by atoms with E-state index in [0.717, 1.165) is 0 Å². The monoisotopic (exact) mass is 215 g/mol. The number of Topliss-reactive ketones (excluding diaryl/α,β-unsaturated/α-hetero) is 1. The van der Waals surface area contributed by atoms with E-state index in [1.54, 1.807) is 24.3 Å². The van der Waals surface area contributed by atoms with Crippen LogP contribution in [0.1, 0.15) is 17.0 Å². The quantitative estimate of drug-likeness (QED) is 0.441. The highest BCUT2D eigenvalue weighted by molar-refractivity contribution is 6.26. The number of hydrogen-bond acceptors (Lipinski definition) is 3. The van der Waals surface area contributed by atoms with Gasteiger partial charge in [-0.3, -0.25) is 14.4 Å². The normalized spacial score (nSPS) is 18.6. The third kappa shape index (κ3) is 1.44. The Balaban J connectivity index is 2.66. The molecule has 1 aromatic carbocycles. The fourth-order valence-corrected chi connectivity index (χ4v) is 1.83. The summed E-state index contributed by atoms with van der Waals surface area (Å²) in [4.78, 5) is 33.7. The molecule has 0 radical (unpaired) electrons. The molecular weight excluding hydrogens is 206 g/mol. The molecule has 1 unspecified atom stereocenters. The first-order valence-corrected chi connectivity index (χ1v) is 4.74. The summed E-state index contributed by atoms with van der Waals surface area (Å²) < 4.78 is 0. The Bertz CT molecular complexity index is 517. The summed E-state index contributed by atoms with van der Waals surface area (Å²) in [6, 6.07) is 6.90. The van der Waals surface area contributed by atoms with Crippen molar-refractivity contribution in [2.45, 2.75) is 5.92 Å². The molecule has 2 rings (SSSR count). The average Bonchev–Trinajstić information content (AvgIpc) is 2.27. The van der Waals surface area contributed by atoms with Crippen molar-refractivity contribution in [3.63, 3.8) is 0 Å². The summed E-state index contributed by atoms with van der Waals surface area (Å²) in [5.41, 5.74) is 6.42. The molecule has 4 heteroatoms. The van der Waals surface area contributed by atoms with Crippen LogP contribution in [-0.2, 0) is 14.4 Å². The van der Waals surface area contributed by atoms with Gasteiger partial charge >= 0.3 is 0 Å². The Morgan fingerprint density at radius 2 is 2.00 bits per heavy atom. The van der Waals surface area contributed by atoms with Gasteiger partial charge in [0.05, 0.1) is 5.57 Å². The summed E-state index contributed by atoms with van der Waals surface area (Å²) in [5.74, 6) is -2.30. The Morgan fingerprint density at radius 1 is 1.31 bits per heavy atom. The van der Waals surface area contributed by atoms with E-state index in [2.05, 4.69) is 0 Å². The SMILES string of the molecule is NC(=O)C1C(=O)C(C=O)=Cc2ccccc21. The van der Waals surface area contributed by atoms with Gasteiger partial charge in [-0.1, -0.05) is 24.3 Å². The van der Waals surface area contributed by atoms with Crippen molar-refractivity contribution < 1.29 is 14.4 Å². The molecule has 1 amide bonds. The van der Waals surface area contributed by atoms with Crippen molar-refractivity contribution >= 4 is 24.1 Å². The van der Waals surface area contributed by atoms with E-state index < -0.39 is 17.6 Å². The van der Waals surface area contributed by atoms with Crippen molar-refractivity contribution in [2.24, 2.45) is 5.73 Å². The number of hydrogen-bond donors (Lipinski definition) is 1. The van der Waals surface area contributed by atoms with Gasteiger partial charge in [-0.2, -0.15) is 0 Å². The molecule has 2 N–H and O–H groups in total. The molecule has 1 atom stereocenters. The number of benzene rings is 1. The molecule has 0 aromatic heterocycles. The second-order valence-electron chi connectivity index (χ2n) is 3.55. The molecule has 80 valence electrons. The maximum Gasteiger partial charge on any atom is 0.232 e. The maximum atomic E-state index is 11.8. The number of allylic oxidation sites excluding steroid dienone is 1. The maximum absolute atomic E-state index is 11.8. The van der Waals surface area contributed by atoms with Gasteiger partial charge in [0.1, 0.15) is 5.92 Å². The fourth-order valence-electron chi connectivity index (χ4n) is 1.83. The van der Waals surface area contributed by atoms with Gasteiger partial charge in [0.15, 0.2) is 12.1 Å². The Labute approximate surface area is 91.8 Å². The zero-order valence-electron chi connectivity index (χ0n) is 8.34. The van der Waals surface area contributed by atoms with E-state index in [1.807, 2.05) is 0 Å². The van der Waals surface area contributed by atoms with E-state index >= 15 is 0 Å². The van der Waals surface area contributed by atoms with Crippen LogP contribution in [0.15, 0.2) is 29.8 Å². The molecule has 0 fully saturated rings. The molecule has 4 nitrogen and oxygen atoms in total. The first-order chi connectivity index (χ1) is 7.65. The number of aldehydes is 1. The van der Waals surface area contributed by atoms with Crippen LogP contribution >= 0.6 is 0 Å². The third-order valence-corrected chi connectivity index (χ3v) is 2.58. The molecule has 0 saturated heterocycles. The van der Waals surface area contributed by atoms with Gasteiger partial charge in [0.2, 0.25) is 5.91 Å². The van der Waals surface area contributed by atoms with Crippen molar-refractivity contribution in [2.75, 3.05) is 0 Å². The highest BCUT2D eigenvalue weighted by Gasteiger charge is 2.33. The van der Waals surface area contributed by atoms with Gasteiger partial charge in [-0.25, -0.2) is 0 Å². The molecule has 1 aliphatic rings. The smallest absolute Gasteiger partial charge is 0.232 e. The Kier molecular flexibility index (Phi) is 2.40. The lowest BCUT2D eigenvalue weighted by Gasteiger charge is -2.19. The fraction of sp³-hybridized carbons (Fsp3) is 0.0833. The van der Waals surface area contributed by atoms with Crippen molar-refractivity contribution in [3.8, 4) is 0 Å². The number of carbonyl (C=O) groups is 3. The first kappa shape index (κ1) is 10.3. The van der Waals surface area contributed by atoms with Gasteiger partial charge in [0, 0.05) is 0 Å². The molecular formula is C12H9NO3. The summed E-state index contributed by atoms with van der Waals surface area (Å²) in [5, 5.41) is 0. The molecule has 1 aliphatic carbocycles. The number of rotatable bonds is 2. The standard InChI is InChI=1S/C12H9NO3/c13-12(16)10-9-4-2-1-3-7(9)5-8(6-14)11(10)15/h1-6,10H,(H2,13,16). The summed E-state index contributed by atoms with van der Waals surface area (Å²) in [6.45, 7) is 0. The number of amides is 1. The Hall–Kier alpha value is -2.23. The van der Waals surface area contributed by atoms with E-state index in [4.69, 9.17) is 5.73 Å². The second kappa shape index (κ2) is 3.73. The number of fused-ring (bicyclic) bond motifs is 1. The third-order valence-electron chi connectivity index (χ3n) is 2.58. The molecule has 0 heterocycles. The molecule has 0 aliphatic heterocycles. The lowest BCUT2D eigenvalue weighted by atomic mass is 9.82. The van der Waals surface area contributed by atoms with E-state index in [0.29, 0.717) is 17.4 Å². The van der Waals surface area contributed by atoms with Crippen LogP contribution < -0.4 is 5.73 Å². The van der Waals surface area contributed by atoms with E-state index in [-0.39, 0.29) is 5.57 Å². The molecule has 16 heavy (non-hydrogen) atoms. The first-order valence-electron chi connectivity index (χ1n) is 4.74.